The lowest BCUT2D eigenvalue weighted by molar-refractivity contribution is -0.137. The number of benzene rings is 10. The number of aromatic nitrogens is 2. The van der Waals surface area contributed by atoms with Gasteiger partial charge in [-0.25, -0.2) is 0 Å². The van der Waals surface area contributed by atoms with Crippen molar-refractivity contribution in [1.82, 2.24) is 9.13 Å². The van der Waals surface area contributed by atoms with Crippen LogP contribution < -0.4 is 0 Å². The summed E-state index contributed by atoms with van der Waals surface area (Å²) in [6.07, 6.45) is -4.77. The van der Waals surface area contributed by atoms with Crippen molar-refractivity contribution in [3.63, 3.8) is 0 Å². The summed E-state index contributed by atoms with van der Waals surface area (Å²) in [6, 6.07) is 55.8. The molecule has 0 fully saturated rings. The Morgan fingerprint density at radius 1 is 0.329 bits per heavy atom. The van der Waals surface area contributed by atoms with Gasteiger partial charge in [0.15, 0.2) is 0 Å². The third-order valence-corrected chi connectivity index (χ3v) is 16.8. The van der Waals surface area contributed by atoms with Crippen molar-refractivity contribution in [2.24, 2.45) is 0 Å². The molecule has 10 aromatic carbocycles. The zero-order chi connectivity index (χ0) is 58.0. The number of fused-ring (bicyclic) bond motifs is 6. The van der Waals surface area contributed by atoms with Crippen LogP contribution in [0.25, 0.3) is 111 Å². The van der Waals surface area contributed by atoms with E-state index < -0.39 is 11.7 Å². The standard InChI is InChI=1S/C75H61F3N4/c1-40-21-44(5)71(45(6)22-40)53-13-17-60-61-18-14-54(72-46(7)23-41(2)24-47(72)8)33-66(61)81(65(60)32-53)69-36-58(39-80)64(57-29-52(38-79)30-59(31-57)75(76,77)78)37-70(69)82-67-34-55(73-48(9)25-42(3)26-49(73)10)15-19-62(67)63-20-16-56(35-68(63)82)74-50(11)27-43(4)28-51(74)12/h13-37H,1-12H3. The second-order valence-electron chi connectivity index (χ2n) is 23.1. The first-order valence-electron chi connectivity index (χ1n) is 27.8. The van der Waals surface area contributed by atoms with Crippen LogP contribution in [0.1, 0.15) is 83.5 Å². The molecule has 0 bridgehead atoms. The van der Waals surface area contributed by atoms with Gasteiger partial charge in [-0.3, -0.25) is 0 Å². The summed E-state index contributed by atoms with van der Waals surface area (Å²) in [6.45, 7) is 25.6. The van der Waals surface area contributed by atoms with Gasteiger partial charge in [-0.05, 0) is 232 Å². The third-order valence-electron chi connectivity index (χ3n) is 16.8. The van der Waals surface area contributed by atoms with Crippen molar-refractivity contribution in [3.05, 3.63) is 235 Å². The molecule has 4 nitrogen and oxygen atoms in total. The van der Waals surface area contributed by atoms with Crippen molar-refractivity contribution in [2.75, 3.05) is 0 Å². The Kier molecular flexibility index (Phi) is 12.8. The SMILES string of the molecule is Cc1cc(C)c(-c2ccc3c4ccc(-c5c(C)cc(C)cc5C)cc4n(-c4cc(C#N)c(-c5cc(C#N)cc(C(F)(F)F)c5)cc4-n4c5cc(-c6c(C)cc(C)cc6C)ccc5c5ccc(-c6c(C)cc(C)cc6C)cc54)c3c2)c(C)c1. The van der Waals surface area contributed by atoms with E-state index in [-0.39, 0.29) is 22.3 Å². The molecule has 0 spiro atoms. The van der Waals surface area contributed by atoms with Crippen LogP contribution in [0.2, 0.25) is 0 Å². The highest BCUT2D eigenvalue weighted by atomic mass is 19.4. The van der Waals surface area contributed by atoms with Gasteiger partial charge < -0.3 is 9.13 Å². The van der Waals surface area contributed by atoms with Crippen LogP contribution in [0.15, 0.2) is 152 Å². The lowest BCUT2D eigenvalue weighted by atomic mass is 9.92. The Labute approximate surface area is 477 Å². The maximum atomic E-state index is 15.0. The van der Waals surface area contributed by atoms with Crippen LogP contribution >= 0.6 is 0 Å². The normalized spacial score (nSPS) is 11.8. The molecule has 402 valence electrons. The molecular weight excluding hydrogens is 1010 g/mol. The van der Waals surface area contributed by atoms with E-state index >= 15 is 0 Å². The van der Waals surface area contributed by atoms with E-state index in [0.29, 0.717) is 11.4 Å². The van der Waals surface area contributed by atoms with E-state index in [1.165, 1.54) is 28.3 Å². The van der Waals surface area contributed by atoms with Crippen molar-refractivity contribution >= 4 is 43.6 Å². The first-order chi connectivity index (χ1) is 39.1. The molecule has 0 aliphatic carbocycles. The second-order valence-corrected chi connectivity index (χ2v) is 23.1. The number of alkyl halides is 3. The minimum atomic E-state index is -4.77. The quantitative estimate of drug-likeness (QED) is 0.160. The van der Waals surface area contributed by atoms with E-state index in [1.807, 2.05) is 18.2 Å². The average Bonchev–Trinajstić information content (AvgIpc) is 4.06. The zero-order valence-electron chi connectivity index (χ0n) is 48.4. The van der Waals surface area contributed by atoms with Crippen LogP contribution in [0.3, 0.4) is 0 Å². The Morgan fingerprint density at radius 3 is 0.915 bits per heavy atom. The average molecular weight is 1080 g/mol. The van der Waals surface area contributed by atoms with E-state index in [2.05, 4.69) is 220 Å². The number of hydrogen-bond acceptors (Lipinski definition) is 2. The van der Waals surface area contributed by atoms with Crippen LogP contribution in [0.5, 0.6) is 0 Å². The second kappa shape index (κ2) is 19.7. The van der Waals surface area contributed by atoms with Gasteiger partial charge in [-0.2, -0.15) is 23.7 Å². The van der Waals surface area contributed by atoms with E-state index in [9.17, 15) is 23.7 Å². The number of rotatable bonds is 7. The highest BCUT2D eigenvalue weighted by Crippen LogP contribution is 2.46. The van der Waals surface area contributed by atoms with E-state index in [4.69, 9.17) is 0 Å². The fourth-order valence-corrected chi connectivity index (χ4v) is 14.0. The summed E-state index contributed by atoms with van der Waals surface area (Å²) in [7, 11) is 0. The third kappa shape index (κ3) is 8.84. The summed E-state index contributed by atoms with van der Waals surface area (Å²) in [5.74, 6) is 0. The minimum absolute atomic E-state index is 0.108. The topological polar surface area (TPSA) is 57.4 Å². The number of halogens is 3. The summed E-state index contributed by atoms with van der Waals surface area (Å²) >= 11 is 0. The van der Waals surface area contributed by atoms with Crippen LogP contribution in [-0.2, 0) is 6.18 Å². The largest absolute Gasteiger partial charge is 0.416 e. The van der Waals surface area contributed by atoms with Gasteiger partial charge in [0.2, 0.25) is 0 Å². The highest BCUT2D eigenvalue weighted by Gasteiger charge is 2.32. The fourth-order valence-electron chi connectivity index (χ4n) is 14.0. The molecule has 82 heavy (non-hydrogen) atoms. The number of nitriles is 2. The van der Waals surface area contributed by atoms with Gasteiger partial charge in [0.25, 0.3) is 0 Å². The molecule has 12 rings (SSSR count). The van der Waals surface area contributed by atoms with Crippen molar-refractivity contribution in [3.8, 4) is 79.1 Å². The molecule has 2 heterocycles. The Morgan fingerprint density at radius 2 is 0.634 bits per heavy atom. The maximum Gasteiger partial charge on any atom is 0.416 e. The van der Waals surface area contributed by atoms with Crippen LogP contribution in [0.4, 0.5) is 13.2 Å². The molecule has 0 N–H and O–H groups in total. The van der Waals surface area contributed by atoms with E-state index in [1.54, 1.807) is 0 Å². The summed E-state index contributed by atoms with van der Waals surface area (Å²) in [5.41, 5.74) is 26.7. The molecule has 0 aliphatic rings. The molecule has 0 saturated carbocycles. The van der Waals surface area contributed by atoms with Crippen LogP contribution in [0, 0.1) is 106 Å². The minimum Gasteiger partial charge on any atom is -0.307 e. The molecule has 0 unspecified atom stereocenters. The lowest BCUT2D eigenvalue weighted by Gasteiger charge is -2.21. The van der Waals surface area contributed by atoms with Gasteiger partial charge in [-0.1, -0.05) is 119 Å². The van der Waals surface area contributed by atoms with Crippen molar-refractivity contribution in [1.29, 1.82) is 10.5 Å². The van der Waals surface area contributed by atoms with Gasteiger partial charge in [0.05, 0.1) is 62.3 Å². The number of aryl methyl sites for hydroxylation is 12. The first kappa shape index (κ1) is 53.2. The van der Waals surface area contributed by atoms with Crippen molar-refractivity contribution < 1.29 is 13.2 Å². The van der Waals surface area contributed by atoms with Gasteiger partial charge in [-0.15, -0.1) is 0 Å². The lowest BCUT2D eigenvalue weighted by Crippen LogP contribution is -2.07. The van der Waals surface area contributed by atoms with Gasteiger partial charge in [0.1, 0.15) is 0 Å². The summed E-state index contributed by atoms with van der Waals surface area (Å²) in [4.78, 5) is 0. The van der Waals surface area contributed by atoms with Crippen LogP contribution in [-0.4, -0.2) is 9.13 Å². The maximum absolute atomic E-state index is 15.0. The monoisotopic (exact) mass is 1070 g/mol. The molecule has 0 radical (unpaired) electrons. The molecule has 0 aliphatic heterocycles. The predicted octanol–water partition coefficient (Wildman–Crippen LogP) is 20.7. The molecular formula is C75H61F3N4. The van der Waals surface area contributed by atoms with Crippen molar-refractivity contribution in [2.45, 2.75) is 89.3 Å². The molecule has 0 atom stereocenters. The van der Waals surface area contributed by atoms with Gasteiger partial charge >= 0.3 is 6.18 Å². The predicted molar refractivity (Wildman–Crippen MR) is 334 cm³/mol. The smallest absolute Gasteiger partial charge is 0.307 e. The molecule has 2 aromatic heterocycles. The summed E-state index contributed by atoms with van der Waals surface area (Å²) < 4.78 is 49.4. The summed E-state index contributed by atoms with van der Waals surface area (Å²) in [5, 5.41) is 25.8. The Bertz CT molecular complexity index is 4510. The molecule has 7 heteroatoms. The molecule has 12 aromatic rings. The van der Waals surface area contributed by atoms with E-state index in [0.717, 1.165) is 145 Å². The Hall–Kier alpha value is -9.43. The molecule has 0 saturated heterocycles. The fraction of sp³-hybridized carbons (Fsp3) is 0.173. The zero-order valence-corrected chi connectivity index (χ0v) is 48.4. The number of hydrogen-bond donors (Lipinski definition) is 0. The highest BCUT2D eigenvalue weighted by molar-refractivity contribution is 6.14. The Balaban J connectivity index is 1.30. The molecule has 0 amide bonds. The van der Waals surface area contributed by atoms with Gasteiger partial charge in [0, 0.05) is 27.1 Å². The number of nitrogens with zero attached hydrogens (tertiary/aromatic N) is 4. The first-order valence-corrected chi connectivity index (χ1v) is 27.8.